The van der Waals surface area contributed by atoms with Gasteiger partial charge >= 0.3 is 5.97 Å². The van der Waals surface area contributed by atoms with Crippen LogP contribution in [0.4, 0.5) is 4.39 Å². The van der Waals surface area contributed by atoms with Gasteiger partial charge < -0.3 is 24.4 Å². The van der Waals surface area contributed by atoms with E-state index in [1.165, 1.54) is 19.2 Å². The number of rotatable bonds is 9. The van der Waals surface area contributed by atoms with Crippen LogP contribution >= 0.6 is 0 Å². The zero-order valence-corrected chi connectivity index (χ0v) is 14.6. The minimum absolute atomic E-state index is 0.0633. The summed E-state index contributed by atoms with van der Waals surface area (Å²) in [6.45, 7) is -0.535. The first-order chi connectivity index (χ1) is 12.4. The fourth-order valence-corrected chi connectivity index (χ4v) is 2.51. The number of aliphatic hydroxyl groups excluding tert-OH is 1. The van der Waals surface area contributed by atoms with Crippen LogP contribution in [0.2, 0.25) is 0 Å². The first-order valence-corrected chi connectivity index (χ1v) is 7.97. The summed E-state index contributed by atoms with van der Waals surface area (Å²) in [4.78, 5) is 10.5. The Bertz CT molecular complexity index is 762. The molecular weight excluding hydrogens is 343 g/mol. The molecular formula is C19H21FO6. The Morgan fingerprint density at radius 3 is 2.50 bits per heavy atom. The lowest BCUT2D eigenvalue weighted by Crippen LogP contribution is -2.10. The van der Waals surface area contributed by atoms with Gasteiger partial charge in [0.05, 0.1) is 20.3 Å². The molecule has 2 N–H and O–H groups in total. The zero-order chi connectivity index (χ0) is 19.1. The Morgan fingerprint density at radius 2 is 1.85 bits per heavy atom. The highest BCUT2D eigenvalue weighted by atomic mass is 19.1. The van der Waals surface area contributed by atoms with Crippen LogP contribution < -0.4 is 14.2 Å². The second-order valence-electron chi connectivity index (χ2n) is 5.61. The van der Waals surface area contributed by atoms with Crippen LogP contribution in [0.25, 0.3) is 0 Å². The predicted octanol–water partition coefficient (Wildman–Crippen LogP) is 2.97. The number of methoxy groups -OCH3 is 2. The first kappa shape index (κ1) is 19.5. The van der Waals surface area contributed by atoms with Crippen molar-refractivity contribution in [1.82, 2.24) is 0 Å². The summed E-state index contributed by atoms with van der Waals surface area (Å²) in [6.07, 6.45) is -0.299. The third kappa shape index (κ3) is 5.10. The van der Waals surface area contributed by atoms with Gasteiger partial charge in [-0.25, -0.2) is 9.18 Å². The lowest BCUT2D eigenvalue weighted by Gasteiger charge is -2.14. The van der Waals surface area contributed by atoms with E-state index in [1.807, 2.05) is 6.07 Å². The van der Waals surface area contributed by atoms with Crippen molar-refractivity contribution in [1.29, 1.82) is 0 Å². The van der Waals surface area contributed by atoms with Gasteiger partial charge in [0.25, 0.3) is 0 Å². The minimum atomic E-state index is -1.13. The number of aryl methyl sites for hydroxylation is 1. The Balaban J connectivity index is 2.06. The van der Waals surface area contributed by atoms with Crippen molar-refractivity contribution in [2.45, 2.75) is 18.9 Å². The second kappa shape index (κ2) is 9.05. The number of carbonyl (C=O) groups is 1. The number of hydrogen-bond acceptors (Lipinski definition) is 5. The van der Waals surface area contributed by atoms with Crippen LogP contribution in [0.1, 0.15) is 23.7 Å². The normalized spacial score (nSPS) is 11.7. The number of aliphatic carboxylic acids is 1. The molecule has 7 heteroatoms. The number of carboxylic acid groups (broad SMARTS) is 1. The monoisotopic (exact) mass is 364 g/mol. The smallest absolute Gasteiger partial charge is 0.341 e. The Morgan fingerprint density at radius 1 is 1.12 bits per heavy atom. The van der Waals surface area contributed by atoms with Gasteiger partial charge in [-0.05, 0) is 48.7 Å². The molecule has 26 heavy (non-hydrogen) atoms. The molecule has 0 fully saturated rings. The Labute approximate surface area is 150 Å². The maximum atomic E-state index is 14.0. The van der Waals surface area contributed by atoms with Crippen molar-refractivity contribution in [3.8, 4) is 17.2 Å². The summed E-state index contributed by atoms with van der Waals surface area (Å²) in [7, 11) is 3.08. The molecule has 2 rings (SSSR count). The van der Waals surface area contributed by atoms with E-state index in [9.17, 15) is 14.3 Å². The van der Waals surface area contributed by atoms with Gasteiger partial charge in [0.15, 0.2) is 18.1 Å². The first-order valence-electron chi connectivity index (χ1n) is 7.97. The molecule has 0 aliphatic rings. The molecule has 0 bridgehead atoms. The molecule has 0 amide bonds. The molecule has 0 aliphatic carbocycles. The summed E-state index contributed by atoms with van der Waals surface area (Å²) in [5.74, 6) is -0.341. The summed E-state index contributed by atoms with van der Waals surface area (Å²) in [5.41, 5.74) is 0.966. The van der Waals surface area contributed by atoms with Gasteiger partial charge in [0.1, 0.15) is 11.6 Å². The molecule has 0 heterocycles. The van der Waals surface area contributed by atoms with E-state index in [0.717, 1.165) is 11.6 Å². The van der Waals surface area contributed by atoms with E-state index in [-0.39, 0.29) is 17.7 Å². The lowest BCUT2D eigenvalue weighted by atomic mass is 10.0. The number of aliphatic hydroxyl groups is 1. The van der Waals surface area contributed by atoms with Crippen molar-refractivity contribution in [2.75, 3.05) is 20.8 Å². The maximum absolute atomic E-state index is 14.0. The molecule has 140 valence electrons. The average molecular weight is 364 g/mol. The summed E-state index contributed by atoms with van der Waals surface area (Å²) < 4.78 is 29.4. The van der Waals surface area contributed by atoms with Crippen molar-refractivity contribution in [3.05, 3.63) is 53.3 Å². The fraction of sp³-hybridized carbons (Fsp3) is 0.316. The predicted molar refractivity (Wildman–Crippen MR) is 92.4 cm³/mol. The molecule has 0 spiro atoms. The molecule has 0 saturated heterocycles. The SMILES string of the molecule is COc1ccc(CCC(O)c2cc(OCC(=O)O)ccc2F)cc1OC. The molecule has 0 saturated carbocycles. The summed E-state index contributed by atoms with van der Waals surface area (Å²) in [5, 5.41) is 19.0. The van der Waals surface area contributed by atoms with Gasteiger partial charge in [0, 0.05) is 5.56 Å². The van der Waals surface area contributed by atoms with E-state index < -0.39 is 24.5 Å². The van der Waals surface area contributed by atoms with Crippen molar-refractivity contribution >= 4 is 5.97 Å². The fourth-order valence-electron chi connectivity index (χ4n) is 2.51. The number of halogens is 1. The topological polar surface area (TPSA) is 85.2 Å². The van der Waals surface area contributed by atoms with E-state index >= 15 is 0 Å². The molecule has 0 radical (unpaired) electrons. The van der Waals surface area contributed by atoms with Gasteiger partial charge in [-0.3, -0.25) is 0 Å². The number of ether oxygens (including phenoxy) is 3. The number of carboxylic acids is 1. The van der Waals surface area contributed by atoms with Crippen molar-refractivity contribution < 1.29 is 33.6 Å². The highest BCUT2D eigenvalue weighted by molar-refractivity contribution is 5.68. The molecule has 1 unspecified atom stereocenters. The lowest BCUT2D eigenvalue weighted by molar-refractivity contribution is -0.139. The van der Waals surface area contributed by atoms with Crippen LogP contribution in [0.3, 0.4) is 0 Å². The van der Waals surface area contributed by atoms with E-state index in [0.29, 0.717) is 17.9 Å². The van der Waals surface area contributed by atoms with E-state index in [2.05, 4.69) is 0 Å². The number of benzene rings is 2. The summed E-state index contributed by atoms with van der Waals surface area (Å²) >= 11 is 0. The maximum Gasteiger partial charge on any atom is 0.341 e. The largest absolute Gasteiger partial charge is 0.493 e. The van der Waals surface area contributed by atoms with Gasteiger partial charge in [0.2, 0.25) is 0 Å². The number of hydrogen-bond donors (Lipinski definition) is 2. The quantitative estimate of drug-likeness (QED) is 0.712. The van der Waals surface area contributed by atoms with Crippen LogP contribution in [-0.2, 0) is 11.2 Å². The Kier molecular flexibility index (Phi) is 6.80. The second-order valence-corrected chi connectivity index (χ2v) is 5.61. The molecule has 0 aliphatic heterocycles. The summed E-state index contributed by atoms with van der Waals surface area (Å²) in [6, 6.07) is 9.19. The minimum Gasteiger partial charge on any atom is -0.493 e. The van der Waals surface area contributed by atoms with Gasteiger partial charge in [-0.2, -0.15) is 0 Å². The third-order valence-corrected chi connectivity index (χ3v) is 3.84. The Hall–Kier alpha value is -2.80. The van der Waals surface area contributed by atoms with E-state index in [1.54, 1.807) is 19.2 Å². The van der Waals surface area contributed by atoms with E-state index in [4.69, 9.17) is 19.3 Å². The van der Waals surface area contributed by atoms with Gasteiger partial charge in [-0.1, -0.05) is 6.07 Å². The van der Waals surface area contributed by atoms with Crippen LogP contribution in [0.15, 0.2) is 36.4 Å². The molecule has 1 atom stereocenters. The standard InChI is InChI=1S/C19H21FO6/c1-24-17-8-4-12(9-18(17)25-2)3-7-16(21)14-10-13(5-6-15(14)20)26-11-19(22)23/h4-6,8-10,16,21H,3,7,11H2,1-2H3,(H,22,23). The van der Waals surface area contributed by atoms with Crippen molar-refractivity contribution in [2.24, 2.45) is 0 Å². The van der Waals surface area contributed by atoms with Crippen LogP contribution in [0, 0.1) is 5.82 Å². The highest BCUT2D eigenvalue weighted by Gasteiger charge is 2.15. The zero-order valence-electron chi connectivity index (χ0n) is 14.6. The molecule has 6 nitrogen and oxygen atoms in total. The molecule has 0 aromatic heterocycles. The third-order valence-electron chi connectivity index (χ3n) is 3.84. The van der Waals surface area contributed by atoms with Gasteiger partial charge in [-0.15, -0.1) is 0 Å². The average Bonchev–Trinajstić information content (AvgIpc) is 2.65. The van der Waals surface area contributed by atoms with Crippen LogP contribution in [0.5, 0.6) is 17.2 Å². The molecule has 2 aromatic rings. The van der Waals surface area contributed by atoms with Crippen LogP contribution in [-0.4, -0.2) is 37.0 Å². The van der Waals surface area contributed by atoms with Crippen molar-refractivity contribution in [3.63, 3.8) is 0 Å². The highest BCUT2D eigenvalue weighted by Crippen LogP contribution is 2.30. The molecule has 2 aromatic carbocycles.